The van der Waals surface area contributed by atoms with Crippen molar-refractivity contribution in [3.05, 3.63) is 10.0 Å². The molecule has 0 saturated heterocycles. The minimum atomic E-state index is 0.415. The van der Waals surface area contributed by atoms with Crippen LogP contribution in [0.15, 0.2) is 0 Å². The Balaban J connectivity index is 1.98. The molecule has 96 valence electrons. The summed E-state index contributed by atoms with van der Waals surface area (Å²) in [6.45, 7) is 8.90. The fourth-order valence-electron chi connectivity index (χ4n) is 2.67. The summed E-state index contributed by atoms with van der Waals surface area (Å²) in [6.07, 6.45) is 4.96. The van der Waals surface area contributed by atoms with Gasteiger partial charge in [0.1, 0.15) is 10.0 Å². The van der Waals surface area contributed by atoms with Crippen LogP contribution in [-0.2, 0) is 6.42 Å². The van der Waals surface area contributed by atoms with Crippen LogP contribution >= 0.6 is 11.3 Å². The summed E-state index contributed by atoms with van der Waals surface area (Å²) in [5.74, 6) is 0.632. The van der Waals surface area contributed by atoms with Crippen molar-refractivity contribution in [3.8, 4) is 0 Å². The molecule has 0 aromatic carbocycles. The van der Waals surface area contributed by atoms with Gasteiger partial charge in [-0.15, -0.1) is 21.5 Å². The van der Waals surface area contributed by atoms with E-state index in [2.05, 4.69) is 36.3 Å². The van der Waals surface area contributed by atoms with Crippen LogP contribution in [0.25, 0.3) is 0 Å². The fourth-order valence-corrected chi connectivity index (χ4v) is 3.85. The van der Waals surface area contributed by atoms with E-state index in [1.165, 1.54) is 29.3 Å². The molecule has 1 heterocycles. The van der Waals surface area contributed by atoms with Gasteiger partial charge >= 0.3 is 0 Å². The zero-order chi connectivity index (χ0) is 12.3. The molecule has 0 spiro atoms. The van der Waals surface area contributed by atoms with Crippen molar-refractivity contribution in [2.75, 3.05) is 13.1 Å². The molecular weight excluding hydrogens is 230 g/mol. The number of hydrogen-bond donors (Lipinski definition) is 1. The van der Waals surface area contributed by atoms with Crippen LogP contribution in [0.4, 0.5) is 0 Å². The van der Waals surface area contributed by atoms with Crippen molar-refractivity contribution in [1.29, 1.82) is 0 Å². The van der Waals surface area contributed by atoms with Crippen LogP contribution in [-0.4, -0.2) is 23.3 Å². The van der Waals surface area contributed by atoms with E-state index < -0.39 is 0 Å². The van der Waals surface area contributed by atoms with Gasteiger partial charge in [-0.25, -0.2) is 0 Å². The molecule has 17 heavy (non-hydrogen) atoms. The van der Waals surface area contributed by atoms with Gasteiger partial charge in [0.2, 0.25) is 0 Å². The van der Waals surface area contributed by atoms with E-state index in [0.717, 1.165) is 19.5 Å². The summed E-state index contributed by atoms with van der Waals surface area (Å²) in [7, 11) is 0. The summed E-state index contributed by atoms with van der Waals surface area (Å²) in [6, 6.07) is 0. The van der Waals surface area contributed by atoms with E-state index in [1.807, 2.05) is 11.3 Å². The van der Waals surface area contributed by atoms with Gasteiger partial charge in [0.15, 0.2) is 0 Å². The average molecular weight is 253 g/mol. The van der Waals surface area contributed by atoms with Gasteiger partial charge in [-0.05, 0) is 24.8 Å². The Morgan fingerprint density at radius 3 is 2.88 bits per heavy atom. The maximum atomic E-state index is 4.41. The molecule has 1 N–H and O–H groups in total. The Morgan fingerprint density at radius 1 is 1.41 bits per heavy atom. The zero-order valence-corrected chi connectivity index (χ0v) is 11.9. The number of hydrogen-bond acceptors (Lipinski definition) is 4. The molecule has 4 heteroatoms. The van der Waals surface area contributed by atoms with Crippen molar-refractivity contribution in [2.24, 2.45) is 5.41 Å². The van der Waals surface area contributed by atoms with Crippen LogP contribution in [0, 0.1) is 5.41 Å². The van der Waals surface area contributed by atoms with E-state index in [0.29, 0.717) is 11.3 Å². The Morgan fingerprint density at radius 2 is 2.24 bits per heavy atom. The largest absolute Gasteiger partial charge is 0.317 e. The van der Waals surface area contributed by atoms with Crippen LogP contribution < -0.4 is 5.32 Å². The lowest BCUT2D eigenvalue weighted by Gasteiger charge is -2.24. The van der Waals surface area contributed by atoms with Crippen molar-refractivity contribution in [3.63, 3.8) is 0 Å². The van der Waals surface area contributed by atoms with E-state index in [1.54, 1.807) is 0 Å². The topological polar surface area (TPSA) is 37.8 Å². The predicted octanol–water partition coefficient (Wildman–Crippen LogP) is 2.98. The third-order valence-corrected chi connectivity index (χ3v) is 4.90. The molecule has 0 bridgehead atoms. The maximum absolute atomic E-state index is 4.41. The van der Waals surface area contributed by atoms with Gasteiger partial charge < -0.3 is 5.32 Å². The molecule has 0 radical (unpaired) electrons. The lowest BCUT2D eigenvalue weighted by atomic mass is 9.82. The fraction of sp³-hybridized carbons (Fsp3) is 0.846. The highest BCUT2D eigenvalue weighted by atomic mass is 32.1. The van der Waals surface area contributed by atoms with Gasteiger partial charge in [0.05, 0.1) is 0 Å². The molecule has 1 aliphatic rings. The van der Waals surface area contributed by atoms with Gasteiger partial charge in [-0.2, -0.15) is 0 Å². The standard InChI is InChI=1S/C13H23N3S/c1-4-14-9-7-11-15-16-12(17-11)10-6-5-8-13(10,2)3/h10,14H,4-9H2,1-3H3. The van der Waals surface area contributed by atoms with E-state index in [4.69, 9.17) is 0 Å². The molecule has 1 aliphatic carbocycles. The monoisotopic (exact) mass is 253 g/mol. The molecule has 0 amide bonds. The Kier molecular flexibility index (Phi) is 4.15. The van der Waals surface area contributed by atoms with Crippen LogP contribution in [0.1, 0.15) is 56.0 Å². The Hall–Kier alpha value is -0.480. The first-order chi connectivity index (χ1) is 8.13. The molecule has 3 nitrogen and oxygen atoms in total. The average Bonchev–Trinajstić information content (AvgIpc) is 2.85. The molecule has 1 atom stereocenters. The van der Waals surface area contributed by atoms with Crippen molar-refractivity contribution >= 4 is 11.3 Å². The number of nitrogens with zero attached hydrogens (tertiary/aromatic N) is 2. The molecule has 0 aliphatic heterocycles. The minimum Gasteiger partial charge on any atom is -0.317 e. The number of rotatable bonds is 5. The van der Waals surface area contributed by atoms with Crippen molar-refractivity contribution in [2.45, 2.75) is 52.4 Å². The lowest BCUT2D eigenvalue weighted by molar-refractivity contribution is 0.330. The normalized spacial score (nSPS) is 23.1. The van der Waals surface area contributed by atoms with E-state index in [-0.39, 0.29) is 0 Å². The van der Waals surface area contributed by atoms with E-state index in [9.17, 15) is 0 Å². The molecular formula is C13H23N3S. The number of aromatic nitrogens is 2. The summed E-state index contributed by atoms with van der Waals surface area (Å²) in [5, 5.41) is 14.5. The van der Waals surface area contributed by atoms with Gasteiger partial charge in [-0.1, -0.05) is 27.2 Å². The van der Waals surface area contributed by atoms with Crippen LogP contribution in [0.3, 0.4) is 0 Å². The lowest BCUT2D eigenvalue weighted by Crippen LogP contribution is -2.15. The first-order valence-electron chi connectivity index (χ1n) is 6.66. The smallest absolute Gasteiger partial charge is 0.121 e. The number of likely N-dealkylation sites (N-methyl/N-ethyl adjacent to an activating group) is 1. The number of nitrogens with one attached hydrogen (secondary N) is 1. The second-order valence-corrected chi connectivity index (χ2v) is 6.66. The first-order valence-corrected chi connectivity index (χ1v) is 7.48. The van der Waals surface area contributed by atoms with Crippen LogP contribution in [0.5, 0.6) is 0 Å². The first kappa shape index (κ1) is 13.0. The summed E-state index contributed by atoms with van der Waals surface area (Å²) < 4.78 is 0. The third kappa shape index (κ3) is 3.05. The van der Waals surface area contributed by atoms with Crippen LogP contribution in [0.2, 0.25) is 0 Å². The summed E-state index contributed by atoms with van der Waals surface area (Å²) in [4.78, 5) is 0. The third-order valence-electron chi connectivity index (χ3n) is 3.80. The quantitative estimate of drug-likeness (QED) is 0.820. The van der Waals surface area contributed by atoms with E-state index >= 15 is 0 Å². The second-order valence-electron chi connectivity index (χ2n) is 5.57. The minimum absolute atomic E-state index is 0.415. The SMILES string of the molecule is CCNCCc1nnc(C2CCCC2(C)C)s1. The highest BCUT2D eigenvalue weighted by Gasteiger charge is 2.37. The van der Waals surface area contributed by atoms with Crippen molar-refractivity contribution in [1.82, 2.24) is 15.5 Å². The van der Waals surface area contributed by atoms with Crippen molar-refractivity contribution < 1.29 is 0 Å². The predicted molar refractivity (Wildman–Crippen MR) is 72.5 cm³/mol. The molecule has 2 rings (SSSR count). The maximum Gasteiger partial charge on any atom is 0.121 e. The molecule has 1 aromatic rings. The molecule has 1 fully saturated rings. The summed E-state index contributed by atoms with van der Waals surface area (Å²) in [5.41, 5.74) is 0.415. The Labute approximate surface area is 108 Å². The Bertz CT molecular complexity index is 359. The second kappa shape index (κ2) is 5.44. The highest BCUT2D eigenvalue weighted by Crippen LogP contribution is 2.49. The molecule has 1 unspecified atom stereocenters. The van der Waals surface area contributed by atoms with Gasteiger partial charge in [0, 0.05) is 18.9 Å². The van der Waals surface area contributed by atoms with Gasteiger partial charge in [0.25, 0.3) is 0 Å². The zero-order valence-electron chi connectivity index (χ0n) is 11.1. The molecule has 1 aromatic heterocycles. The highest BCUT2D eigenvalue weighted by molar-refractivity contribution is 7.11. The molecule has 1 saturated carbocycles. The summed E-state index contributed by atoms with van der Waals surface area (Å²) >= 11 is 1.82. The van der Waals surface area contributed by atoms with Gasteiger partial charge in [-0.3, -0.25) is 0 Å².